The van der Waals surface area contributed by atoms with Gasteiger partial charge in [0.15, 0.2) is 0 Å². The van der Waals surface area contributed by atoms with E-state index in [0.717, 1.165) is 26.1 Å². The van der Waals surface area contributed by atoms with Crippen LogP contribution in [0.5, 0.6) is 0 Å². The summed E-state index contributed by atoms with van der Waals surface area (Å²) in [5, 5.41) is 3.41. The Balaban J connectivity index is 2.13. The van der Waals surface area contributed by atoms with E-state index in [4.69, 9.17) is 4.74 Å². The first-order valence-corrected chi connectivity index (χ1v) is 5.25. The molecule has 0 aromatic heterocycles. The zero-order valence-electron chi connectivity index (χ0n) is 8.62. The Morgan fingerprint density at radius 2 is 2.07 bits per heavy atom. The van der Waals surface area contributed by atoms with Crippen LogP contribution in [0.1, 0.15) is 18.1 Å². The summed E-state index contributed by atoms with van der Waals surface area (Å²) in [6.45, 7) is 4.85. The van der Waals surface area contributed by atoms with Gasteiger partial charge in [-0.05, 0) is 24.5 Å². The van der Waals surface area contributed by atoms with Crippen LogP contribution in [0.3, 0.4) is 0 Å². The molecule has 14 heavy (non-hydrogen) atoms. The van der Waals surface area contributed by atoms with Crippen LogP contribution < -0.4 is 5.32 Å². The smallest absolute Gasteiger partial charge is 0.0671 e. The molecule has 0 saturated heterocycles. The second kappa shape index (κ2) is 4.58. The predicted octanol–water partition coefficient (Wildman–Crippen LogP) is 1.74. The van der Waals surface area contributed by atoms with Gasteiger partial charge in [0.05, 0.1) is 12.7 Å². The number of nitrogens with one attached hydrogen (secondary N) is 1. The van der Waals surface area contributed by atoms with Crippen LogP contribution in [0.2, 0.25) is 0 Å². The van der Waals surface area contributed by atoms with Crippen molar-refractivity contribution in [3.8, 4) is 0 Å². The highest BCUT2D eigenvalue weighted by Gasteiger charge is 2.08. The van der Waals surface area contributed by atoms with E-state index >= 15 is 0 Å². The van der Waals surface area contributed by atoms with Gasteiger partial charge in [-0.3, -0.25) is 0 Å². The minimum atomic E-state index is 0.323. The highest BCUT2D eigenvalue weighted by molar-refractivity contribution is 5.27. The van der Waals surface area contributed by atoms with Crippen LogP contribution in [-0.2, 0) is 17.7 Å². The predicted molar refractivity (Wildman–Crippen MR) is 57.3 cm³/mol. The van der Waals surface area contributed by atoms with Crippen molar-refractivity contribution in [2.75, 3.05) is 13.2 Å². The Hall–Kier alpha value is -0.860. The number of ether oxygens (including phenoxy) is 1. The van der Waals surface area contributed by atoms with Crippen molar-refractivity contribution < 1.29 is 4.74 Å². The monoisotopic (exact) mass is 191 g/mol. The van der Waals surface area contributed by atoms with Gasteiger partial charge in [0.1, 0.15) is 0 Å². The summed E-state index contributed by atoms with van der Waals surface area (Å²) in [7, 11) is 0. The molecule has 2 heteroatoms. The van der Waals surface area contributed by atoms with Crippen LogP contribution in [0.15, 0.2) is 24.3 Å². The van der Waals surface area contributed by atoms with E-state index in [2.05, 4.69) is 36.5 Å². The van der Waals surface area contributed by atoms with Gasteiger partial charge in [0.2, 0.25) is 0 Å². The standard InChI is InChI=1S/C12H17NO/c1-10-8-13-9-12-5-3-2-4-11(12)6-7-14-10/h2-5,10,13H,6-9H2,1H3/t10-/m0/s1. The van der Waals surface area contributed by atoms with Crippen molar-refractivity contribution >= 4 is 0 Å². The van der Waals surface area contributed by atoms with Gasteiger partial charge in [-0.2, -0.15) is 0 Å². The summed E-state index contributed by atoms with van der Waals surface area (Å²) < 4.78 is 5.66. The molecule has 0 fully saturated rings. The topological polar surface area (TPSA) is 21.3 Å². The number of fused-ring (bicyclic) bond motifs is 1. The van der Waals surface area contributed by atoms with Crippen LogP contribution >= 0.6 is 0 Å². The normalized spacial score (nSPS) is 23.1. The molecule has 1 aromatic carbocycles. The van der Waals surface area contributed by atoms with E-state index in [1.807, 2.05) is 0 Å². The van der Waals surface area contributed by atoms with Crippen molar-refractivity contribution in [3.05, 3.63) is 35.4 Å². The van der Waals surface area contributed by atoms with Crippen molar-refractivity contribution in [1.82, 2.24) is 5.32 Å². The molecular weight excluding hydrogens is 174 g/mol. The van der Waals surface area contributed by atoms with Crippen molar-refractivity contribution in [2.45, 2.75) is 26.0 Å². The maximum atomic E-state index is 5.66. The van der Waals surface area contributed by atoms with Gasteiger partial charge in [0, 0.05) is 13.1 Å². The summed E-state index contributed by atoms with van der Waals surface area (Å²) in [5.74, 6) is 0. The van der Waals surface area contributed by atoms with E-state index in [1.165, 1.54) is 11.1 Å². The second-order valence-corrected chi connectivity index (χ2v) is 3.83. The molecule has 1 aliphatic rings. The van der Waals surface area contributed by atoms with Crippen LogP contribution in [-0.4, -0.2) is 19.3 Å². The van der Waals surface area contributed by atoms with Gasteiger partial charge in [-0.1, -0.05) is 24.3 Å². The third kappa shape index (κ3) is 2.34. The van der Waals surface area contributed by atoms with E-state index in [9.17, 15) is 0 Å². The fourth-order valence-corrected chi connectivity index (χ4v) is 1.81. The molecule has 1 heterocycles. The molecule has 1 aliphatic heterocycles. The second-order valence-electron chi connectivity index (χ2n) is 3.83. The average Bonchev–Trinajstić information content (AvgIpc) is 2.28. The highest BCUT2D eigenvalue weighted by atomic mass is 16.5. The lowest BCUT2D eigenvalue weighted by molar-refractivity contribution is 0.0696. The molecule has 76 valence electrons. The van der Waals surface area contributed by atoms with Crippen molar-refractivity contribution in [1.29, 1.82) is 0 Å². The van der Waals surface area contributed by atoms with Gasteiger partial charge >= 0.3 is 0 Å². The van der Waals surface area contributed by atoms with Crippen LogP contribution in [0, 0.1) is 0 Å². The molecule has 0 bridgehead atoms. The first-order chi connectivity index (χ1) is 6.86. The molecule has 1 atom stereocenters. The SMILES string of the molecule is C[C@H]1CNCc2ccccc2CCO1. The molecule has 2 nitrogen and oxygen atoms in total. The molecule has 1 aromatic rings. The number of rotatable bonds is 0. The van der Waals surface area contributed by atoms with Gasteiger partial charge in [-0.15, -0.1) is 0 Å². The van der Waals surface area contributed by atoms with Crippen molar-refractivity contribution in [2.24, 2.45) is 0 Å². The Labute approximate surface area is 85.3 Å². The molecule has 1 N–H and O–H groups in total. The number of hydrogen-bond acceptors (Lipinski definition) is 2. The molecule has 0 spiro atoms. The number of hydrogen-bond donors (Lipinski definition) is 1. The number of benzene rings is 1. The first-order valence-electron chi connectivity index (χ1n) is 5.25. The Morgan fingerprint density at radius 3 is 2.93 bits per heavy atom. The molecule has 0 radical (unpaired) electrons. The summed E-state index contributed by atoms with van der Waals surface area (Å²) >= 11 is 0. The van der Waals surface area contributed by atoms with E-state index in [0.29, 0.717) is 6.10 Å². The molecule has 2 rings (SSSR count). The van der Waals surface area contributed by atoms with Crippen LogP contribution in [0.4, 0.5) is 0 Å². The lowest BCUT2D eigenvalue weighted by Crippen LogP contribution is -2.25. The van der Waals surface area contributed by atoms with E-state index in [1.54, 1.807) is 0 Å². The lowest BCUT2D eigenvalue weighted by atomic mass is 10.1. The summed E-state index contributed by atoms with van der Waals surface area (Å²) in [5.41, 5.74) is 2.82. The van der Waals surface area contributed by atoms with E-state index in [-0.39, 0.29) is 0 Å². The largest absolute Gasteiger partial charge is 0.377 e. The zero-order valence-corrected chi connectivity index (χ0v) is 8.62. The van der Waals surface area contributed by atoms with Gasteiger partial charge in [0.25, 0.3) is 0 Å². The lowest BCUT2D eigenvalue weighted by Gasteiger charge is -2.10. The summed E-state index contributed by atoms with van der Waals surface area (Å²) in [6.07, 6.45) is 1.35. The van der Waals surface area contributed by atoms with Gasteiger partial charge in [-0.25, -0.2) is 0 Å². The zero-order chi connectivity index (χ0) is 9.80. The third-order valence-electron chi connectivity index (χ3n) is 2.64. The minimum absolute atomic E-state index is 0.323. The molecular formula is C12H17NO. The minimum Gasteiger partial charge on any atom is -0.377 e. The fraction of sp³-hybridized carbons (Fsp3) is 0.500. The third-order valence-corrected chi connectivity index (χ3v) is 2.64. The molecule has 0 saturated carbocycles. The molecule has 0 amide bonds. The molecule has 0 aliphatic carbocycles. The average molecular weight is 191 g/mol. The maximum Gasteiger partial charge on any atom is 0.0671 e. The summed E-state index contributed by atoms with van der Waals surface area (Å²) in [4.78, 5) is 0. The van der Waals surface area contributed by atoms with Gasteiger partial charge < -0.3 is 10.1 Å². The first kappa shape index (κ1) is 9.69. The maximum absolute atomic E-state index is 5.66. The highest BCUT2D eigenvalue weighted by Crippen LogP contribution is 2.11. The summed E-state index contributed by atoms with van der Waals surface area (Å²) in [6, 6.07) is 8.58. The fourth-order valence-electron chi connectivity index (χ4n) is 1.81. The Morgan fingerprint density at radius 1 is 1.29 bits per heavy atom. The van der Waals surface area contributed by atoms with E-state index < -0.39 is 0 Å². The molecule has 0 unspecified atom stereocenters. The van der Waals surface area contributed by atoms with Crippen molar-refractivity contribution in [3.63, 3.8) is 0 Å². The quantitative estimate of drug-likeness (QED) is 0.674. The Kier molecular flexibility index (Phi) is 3.17. The Bertz CT molecular complexity index is 269. The van der Waals surface area contributed by atoms with Crippen LogP contribution in [0.25, 0.3) is 0 Å².